The molecule has 6 heteroatoms. The lowest BCUT2D eigenvalue weighted by molar-refractivity contribution is 0.104. The van der Waals surface area contributed by atoms with Crippen molar-refractivity contribution in [3.05, 3.63) is 90.1 Å². The lowest BCUT2D eigenvalue weighted by atomic mass is 10.1. The molecule has 164 valence electrons. The zero-order chi connectivity index (χ0) is 22.9. The zero-order valence-electron chi connectivity index (χ0n) is 18.6. The van der Waals surface area contributed by atoms with Crippen molar-refractivity contribution in [3.63, 3.8) is 0 Å². The molecule has 0 atom stereocenters. The Bertz CT molecular complexity index is 1510. The zero-order valence-corrected chi connectivity index (χ0v) is 18.6. The number of rotatable bonds is 6. The first-order valence-electron chi connectivity index (χ1n) is 10.6. The molecule has 0 radical (unpaired) electrons. The summed E-state index contributed by atoms with van der Waals surface area (Å²) < 4.78 is 14.8. The quantitative estimate of drug-likeness (QED) is 0.263. The summed E-state index contributed by atoms with van der Waals surface area (Å²) in [6, 6.07) is 23.3. The van der Waals surface area contributed by atoms with Gasteiger partial charge >= 0.3 is 0 Å². The Kier molecular flexibility index (Phi) is 5.18. The van der Waals surface area contributed by atoms with Gasteiger partial charge in [0.25, 0.3) is 0 Å². The Labute approximate surface area is 191 Å². The maximum atomic E-state index is 13.7. The fourth-order valence-electron chi connectivity index (χ4n) is 4.22. The van der Waals surface area contributed by atoms with Gasteiger partial charge in [0.15, 0.2) is 11.5 Å². The van der Waals surface area contributed by atoms with Crippen LogP contribution < -0.4 is 9.47 Å². The van der Waals surface area contributed by atoms with Crippen LogP contribution in [0.2, 0.25) is 0 Å². The number of ether oxygens (including phenoxy) is 2. The molecule has 0 unspecified atom stereocenters. The number of aromatic nitrogens is 3. The summed E-state index contributed by atoms with van der Waals surface area (Å²) in [5.41, 5.74) is 4.75. The molecule has 0 aliphatic rings. The van der Waals surface area contributed by atoms with E-state index in [0.717, 1.165) is 22.2 Å². The highest BCUT2D eigenvalue weighted by Gasteiger charge is 2.23. The van der Waals surface area contributed by atoms with Crippen LogP contribution in [0.15, 0.2) is 78.9 Å². The highest BCUT2D eigenvalue weighted by molar-refractivity contribution is 6.11. The highest BCUT2D eigenvalue weighted by atomic mass is 16.5. The monoisotopic (exact) mass is 437 g/mol. The Hall–Kier alpha value is -4.32. The lowest BCUT2D eigenvalue weighted by Gasteiger charge is -2.09. The molecule has 0 amide bonds. The molecule has 6 nitrogen and oxygen atoms in total. The van der Waals surface area contributed by atoms with Crippen LogP contribution in [0.4, 0.5) is 0 Å². The van der Waals surface area contributed by atoms with Crippen LogP contribution in [0.5, 0.6) is 11.5 Å². The van der Waals surface area contributed by atoms with Crippen molar-refractivity contribution in [2.75, 3.05) is 14.2 Å². The second-order valence-corrected chi connectivity index (χ2v) is 7.64. The predicted octanol–water partition coefficient (Wildman–Crippen LogP) is 5.41. The van der Waals surface area contributed by atoms with Gasteiger partial charge in [0.1, 0.15) is 11.4 Å². The SMILES string of the molecule is COc1cccc(C=CC(=O)c2c(-c3ccccc3)nc3n(C)c4ccccc4n23)c1OC. The Morgan fingerprint density at radius 1 is 0.879 bits per heavy atom. The molecule has 5 aromatic rings. The number of methoxy groups -OCH3 is 2. The number of benzene rings is 3. The van der Waals surface area contributed by atoms with E-state index in [1.807, 2.05) is 88.8 Å². The van der Waals surface area contributed by atoms with Crippen LogP contribution in [-0.4, -0.2) is 34.0 Å². The molecule has 2 heterocycles. The Morgan fingerprint density at radius 2 is 1.61 bits per heavy atom. The summed E-state index contributed by atoms with van der Waals surface area (Å²) in [4.78, 5) is 18.5. The topological polar surface area (TPSA) is 57.8 Å². The molecule has 0 saturated carbocycles. The molecule has 0 aliphatic heterocycles. The molecule has 0 bridgehead atoms. The number of carbonyl (C=O) groups is 1. The second-order valence-electron chi connectivity index (χ2n) is 7.64. The van der Waals surface area contributed by atoms with Gasteiger partial charge in [0.05, 0.1) is 25.3 Å². The number of para-hydroxylation sites is 3. The minimum Gasteiger partial charge on any atom is -0.493 e. The van der Waals surface area contributed by atoms with Crippen molar-refractivity contribution in [3.8, 4) is 22.8 Å². The largest absolute Gasteiger partial charge is 0.493 e. The average molecular weight is 437 g/mol. The maximum Gasteiger partial charge on any atom is 0.215 e. The van der Waals surface area contributed by atoms with Gasteiger partial charge in [0.2, 0.25) is 11.6 Å². The van der Waals surface area contributed by atoms with Crippen LogP contribution in [0.25, 0.3) is 34.1 Å². The van der Waals surface area contributed by atoms with Crippen LogP contribution in [0.3, 0.4) is 0 Å². The molecule has 2 aromatic heterocycles. The van der Waals surface area contributed by atoms with Gasteiger partial charge in [-0.15, -0.1) is 0 Å². The minimum atomic E-state index is -0.150. The van der Waals surface area contributed by atoms with Crippen molar-refractivity contribution in [1.29, 1.82) is 0 Å². The Morgan fingerprint density at radius 3 is 2.33 bits per heavy atom. The standard InChI is InChI=1S/C27H23N3O3/c1-29-20-13-7-8-14-21(20)30-25(24(28-27(29)30)18-10-5-4-6-11-18)22(31)17-16-19-12-9-15-23(32-2)26(19)33-3/h4-17H,1-3H3. The number of hydrogen-bond donors (Lipinski definition) is 0. The van der Waals surface area contributed by atoms with Crippen molar-refractivity contribution in [2.45, 2.75) is 0 Å². The fraction of sp³-hybridized carbons (Fsp3) is 0.111. The molecule has 3 aromatic carbocycles. The van der Waals surface area contributed by atoms with Gasteiger partial charge < -0.3 is 14.0 Å². The number of carbonyl (C=O) groups excluding carboxylic acids is 1. The summed E-state index contributed by atoms with van der Waals surface area (Å²) in [6.07, 6.45) is 3.32. The number of nitrogens with zero attached hydrogens (tertiary/aromatic N) is 3. The maximum absolute atomic E-state index is 13.7. The molecule has 0 spiro atoms. The molecule has 0 fully saturated rings. The Balaban J connectivity index is 1.71. The number of ketones is 1. The predicted molar refractivity (Wildman–Crippen MR) is 130 cm³/mol. The van der Waals surface area contributed by atoms with E-state index in [9.17, 15) is 4.79 Å². The third-order valence-electron chi connectivity index (χ3n) is 5.77. The first kappa shape index (κ1) is 20.6. The first-order valence-corrected chi connectivity index (χ1v) is 10.6. The number of allylic oxidation sites excluding steroid dienone is 1. The van der Waals surface area contributed by atoms with Gasteiger partial charge in [-0.3, -0.25) is 9.20 Å². The first-order chi connectivity index (χ1) is 16.1. The smallest absolute Gasteiger partial charge is 0.215 e. The van der Waals surface area contributed by atoms with Crippen LogP contribution >= 0.6 is 0 Å². The molecular formula is C27H23N3O3. The highest BCUT2D eigenvalue weighted by Crippen LogP contribution is 2.33. The van der Waals surface area contributed by atoms with E-state index in [-0.39, 0.29) is 5.78 Å². The van der Waals surface area contributed by atoms with Crippen LogP contribution in [0, 0.1) is 0 Å². The summed E-state index contributed by atoms with van der Waals surface area (Å²) >= 11 is 0. The van der Waals surface area contributed by atoms with Gasteiger partial charge in [0, 0.05) is 18.2 Å². The van der Waals surface area contributed by atoms with Crippen molar-refractivity contribution in [1.82, 2.24) is 14.0 Å². The third kappa shape index (κ3) is 3.36. The van der Waals surface area contributed by atoms with E-state index >= 15 is 0 Å². The normalized spacial score (nSPS) is 11.5. The van der Waals surface area contributed by atoms with E-state index < -0.39 is 0 Å². The van der Waals surface area contributed by atoms with E-state index in [1.165, 1.54) is 0 Å². The number of fused-ring (bicyclic) bond motifs is 3. The molecule has 0 saturated heterocycles. The fourth-order valence-corrected chi connectivity index (χ4v) is 4.22. The van der Waals surface area contributed by atoms with Crippen LogP contribution in [-0.2, 0) is 7.05 Å². The number of hydrogen-bond acceptors (Lipinski definition) is 4. The van der Waals surface area contributed by atoms with Crippen LogP contribution in [0.1, 0.15) is 16.1 Å². The van der Waals surface area contributed by atoms with Crippen molar-refractivity contribution in [2.24, 2.45) is 7.05 Å². The number of imidazole rings is 2. The summed E-state index contributed by atoms with van der Waals surface area (Å²) in [7, 11) is 5.14. The summed E-state index contributed by atoms with van der Waals surface area (Å²) in [5, 5.41) is 0. The number of aryl methyl sites for hydroxylation is 1. The molecular weight excluding hydrogens is 414 g/mol. The summed E-state index contributed by atoms with van der Waals surface area (Å²) in [6.45, 7) is 0. The third-order valence-corrected chi connectivity index (χ3v) is 5.77. The van der Waals surface area contributed by atoms with Gasteiger partial charge in [-0.05, 0) is 30.4 Å². The summed E-state index contributed by atoms with van der Waals surface area (Å²) in [5.74, 6) is 1.75. The van der Waals surface area contributed by atoms with E-state index in [0.29, 0.717) is 28.7 Å². The van der Waals surface area contributed by atoms with Gasteiger partial charge in [-0.2, -0.15) is 0 Å². The van der Waals surface area contributed by atoms with Gasteiger partial charge in [-0.1, -0.05) is 54.6 Å². The average Bonchev–Trinajstić information content (AvgIpc) is 3.39. The minimum absolute atomic E-state index is 0.150. The lowest BCUT2D eigenvalue weighted by Crippen LogP contribution is -2.02. The van der Waals surface area contributed by atoms with E-state index in [2.05, 4.69) is 0 Å². The van der Waals surface area contributed by atoms with Crippen molar-refractivity contribution < 1.29 is 14.3 Å². The molecule has 0 aliphatic carbocycles. The molecule has 5 rings (SSSR count). The molecule has 33 heavy (non-hydrogen) atoms. The van der Waals surface area contributed by atoms with E-state index in [4.69, 9.17) is 14.5 Å². The molecule has 0 N–H and O–H groups in total. The van der Waals surface area contributed by atoms with Gasteiger partial charge in [-0.25, -0.2) is 4.98 Å². The second kappa shape index (κ2) is 8.31. The van der Waals surface area contributed by atoms with Crippen molar-refractivity contribution >= 4 is 28.7 Å². The van der Waals surface area contributed by atoms with E-state index in [1.54, 1.807) is 26.4 Å².